The summed E-state index contributed by atoms with van der Waals surface area (Å²) in [7, 11) is 0. The molecule has 2 aromatic heterocycles. The van der Waals surface area contributed by atoms with Crippen LogP contribution in [-0.2, 0) is 6.42 Å². The summed E-state index contributed by atoms with van der Waals surface area (Å²) >= 11 is 0. The monoisotopic (exact) mass is 373 g/mol. The first-order valence-electron chi connectivity index (χ1n) is 8.23. The molecule has 27 heavy (non-hydrogen) atoms. The molecule has 3 rings (SSSR count). The molecule has 0 amide bonds. The van der Waals surface area contributed by atoms with Crippen LogP contribution in [0.1, 0.15) is 28.7 Å². The standard InChI is InChI=1S/C19H17F2N3O3/c1-3-15-17(18(25)26)11(2)23-24(15)13-6-7-16(27-19(20)21)14(9-13)12-5-4-8-22-10-12/h4-10,19H,3H2,1-2H3,(H,25,26). The molecule has 3 aromatic rings. The second-order valence-electron chi connectivity index (χ2n) is 5.78. The van der Waals surface area contributed by atoms with E-state index in [1.807, 2.05) is 6.92 Å². The highest BCUT2D eigenvalue weighted by atomic mass is 19.3. The molecule has 0 spiro atoms. The minimum atomic E-state index is -2.97. The number of hydrogen-bond donors (Lipinski definition) is 1. The molecule has 0 saturated heterocycles. The molecule has 0 aliphatic carbocycles. The van der Waals surface area contributed by atoms with Gasteiger partial charge in [-0.25, -0.2) is 9.48 Å². The molecular formula is C19H17F2N3O3. The van der Waals surface area contributed by atoms with E-state index in [9.17, 15) is 18.7 Å². The highest BCUT2D eigenvalue weighted by molar-refractivity contribution is 5.90. The molecule has 0 aliphatic rings. The number of benzene rings is 1. The Morgan fingerprint density at radius 3 is 2.70 bits per heavy atom. The number of carboxylic acids is 1. The lowest BCUT2D eigenvalue weighted by Gasteiger charge is -2.14. The summed E-state index contributed by atoms with van der Waals surface area (Å²) in [5.41, 5.74) is 2.61. The van der Waals surface area contributed by atoms with Gasteiger partial charge < -0.3 is 9.84 Å². The third kappa shape index (κ3) is 3.64. The molecule has 0 saturated carbocycles. The van der Waals surface area contributed by atoms with E-state index < -0.39 is 12.6 Å². The fourth-order valence-corrected chi connectivity index (χ4v) is 2.99. The van der Waals surface area contributed by atoms with Gasteiger partial charge in [0.15, 0.2) is 0 Å². The Morgan fingerprint density at radius 2 is 2.11 bits per heavy atom. The number of aromatic carboxylic acids is 1. The van der Waals surface area contributed by atoms with Crippen LogP contribution in [0.3, 0.4) is 0 Å². The fraction of sp³-hybridized carbons (Fsp3) is 0.211. The van der Waals surface area contributed by atoms with Crippen molar-refractivity contribution in [1.82, 2.24) is 14.8 Å². The summed E-state index contributed by atoms with van der Waals surface area (Å²) in [6.45, 7) is 0.480. The van der Waals surface area contributed by atoms with Gasteiger partial charge in [-0.1, -0.05) is 13.0 Å². The van der Waals surface area contributed by atoms with Gasteiger partial charge in [0, 0.05) is 23.5 Å². The maximum absolute atomic E-state index is 12.8. The summed E-state index contributed by atoms with van der Waals surface area (Å²) in [6, 6.07) is 8.02. The first-order valence-corrected chi connectivity index (χ1v) is 8.23. The van der Waals surface area contributed by atoms with E-state index in [0.717, 1.165) is 0 Å². The van der Waals surface area contributed by atoms with Gasteiger partial charge in [-0.15, -0.1) is 0 Å². The molecule has 6 nitrogen and oxygen atoms in total. The number of hydrogen-bond acceptors (Lipinski definition) is 4. The normalized spacial score (nSPS) is 11.0. The van der Waals surface area contributed by atoms with E-state index in [1.54, 1.807) is 37.4 Å². The van der Waals surface area contributed by atoms with Crippen molar-refractivity contribution >= 4 is 5.97 Å². The predicted octanol–water partition coefficient (Wildman–Crippen LogP) is 4.10. The Bertz CT molecular complexity index is 972. The number of nitrogens with zero attached hydrogens (tertiary/aromatic N) is 3. The number of carboxylic acid groups (broad SMARTS) is 1. The van der Waals surface area contributed by atoms with Crippen LogP contribution in [-0.4, -0.2) is 32.5 Å². The highest BCUT2D eigenvalue weighted by Gasteiger charge is 2.21. The molecule has 0 bridgehead atoms. The maximum Gasteiger partial charge on any atom is 0.387 e. The topological polar surface area (TPSA) is 77.2 Å². The Balaban J connectivity index is 2.19. The van der Waals surface area contributed by atoms with Gasteiger partial charge in [0.1, 0.15) is 11.3 Å². The average Bonchev–Trinajstić information content (AvgIpc) is 2.99. The predicted molar refractivity (Wildman–Crippen MR) is 94.5 cm³/mol. The Labute approximate surface area is 154 Å². The van der Waals surface area contributed by atoms with Gasteiger partial charge in [-0.2, -0.15) is 13.9 Å². The highest BCUT2D eigenvalue weighted by Crippen LogP contribution is 2.33. The molecule has 140 valence electrons. The molecular weight excluding hydrogens is 356 g/mol. The largest absolute Gasteiger partial charge is 0.478 e. The van der Waals surface area contributed by atoms with Crippen LogP contribution in [0.2, 0.25) is 0 Å². The molecule has 1 N–H and O–H groups in total. The number of aromatic nitrogens is 3. The molecule has 0 fully saturated rings. The van der Waals surface area contributed by atoms with Crippen molar-refractivity contribution in [2.24, 2.45) is 0 Å². The second kappa shape index (κ2) is 7.53. The van der Waals surface area contributed by atoms with Crippen LogP contribution in [0.15, 0.2) is 42.7 Å². The van der Waals surface area contributed by atoms with Crippen molar-refractivity contribution in [3.63, 3.8) is 0 Å². The lowest BCUT2D eigenvalue weighted by Crippen LogP contribution is -2.07. The SMILES string of the molecule is CCc1c(C(=O)O)c(C)nn1-c1ccc(OC(F)F)c(-c2cccnc2)c1. The smallest absolute Gasteiger partial charge is 0.387 e. The van der Waals surface area contributed by atoms with Crippen molar-refractivity contribution in [2.45, 2.75) is 26.9 Å². The zero-order chi connectivity index (χ0) is 19.6. The third-order valence-electron chi connectivity index (χ3n) is 4.10. The summed E-state index contributed by atoms with van der Waals surface area (Å²) < 4.78 is 31.7. The van der Waals surface area contributed by atoms with E-state index in [4.69, 9.17) is 0 Å². The number of alkyl halides is 2. The van der Waals surface area contributed by atoms with Crippen molar-refractivity contribution in [3.05, 3.63) is 59.7 Å². The summed E-state index contributed by atoms with van der Waals surface area (Å²) in [5.74, 6) is -1.05. The minimum Gasteiger partial charge on any atom is -0.478 e. The van der Waals surface area contributed by atoms with E-state index in [2.05, 4.69) is 14.8 Å². The minimum absolute atomic E-state index is 0.00198. The molecule has 0 atom stereocenters. The van der Waals surface area contributed by atoms with Crippen LogP contribution in [0.25, 0.3) is 16.8 Å². The van der Waals surface area contributed by atoms with Crippen molar-refractivity contribution < 1.29 is 23.4 Å². The van der Waals surface area contributed by atoms with Gasteiger partial charge in [0.2, 0.25) is 0 Å². The van der Waals surface area contributed by atoms with Crippen LogP contribution < -0.4 is 4.74 Å². The number of ether oxygens (including phenoxy) is 1. The summed E-state index contributed by atoms with van der Waals surface area (Å²) in [5, 5.41) is 13.8. The molecule has 1 aromatic carbocycles. The second-order valence-corrected chi connectivity index (χ2v) is 5.78. The number of carbonyl (C=O) groups is 1. The van der Waals surface area contributed by atoms with Gasteiger partial charge >= 0.3 is 12.6 Å². The van der Waals surface area contributed by atoms with Crippen LogP contribution in [0, 0.1) is 6.92 Å². The zero-order valence-electron chi connectivity index (χ0n) is 14.7. The van der Waals surface area contributed by atoms with Gasteiger partial charge in [-0.05, 0) is 37.6 Å². The summed E-state index contributed by atoms with van der Waals surface area (Å²) in [4.78, 5) is 15.6. The van der Waals surface area contributed by atoms with E-state index in [1.165, 1.54) is 16.9 Å². The number of halogens is 2. The molecule has 0 unspecified atom stereocenters. The Kier molecular flexibility index (Phi) is 5.16. The number of rotatable bonds is 6. The fourth-order valence-electron chi connectivity index (χ4n) is 2.99. The van der Waals surface area contributed by atoms with Gasteiger partial charge in [-0.3, -0.25) is 4.98 Å². The van der Waals surface area contributed by atoms with Crippen LogP contribution in [0.4, 0.5) is 8.78 Å². The first-order chi connectivity index (χ1) is 12.9. The Morgan fingerprint density at radius 1 is 1.33 bits per heavy atom. The quantitative estimate of drug-likeness (QED) is 0.704. The van der Waals surface area contributed by atoms with E-state index in [0.29, 0.717) is 34.6 Å². The van der Waals surface area contributed by atoms with Crippen molar-refractivity contribution in [1.29, 1.82) is 0 Å². The Hall–Kier alpha value is -3.29. The van der Waals surface area contributed by atoms with E-state index >= 15 is 0 Å². The lowest BCUT2D eigenvalue weighted by molar-refractivity contribution is -0.0494. The molecule has 2 heterocycles. The average molecular weight is 373 g/mol. The van der Waals surface area contributed by atoms with Gasteiger partial charge in [0.05, 0.1) is 17.1 Å². The molecule has 8 heteroatoms. The van der Waals surface area contributed by atoms with Gasteiger partial charge in [0.25, 0.3) is 0 Å². The molecule has 0 radical (unpaired) electrons. The summed E-state index contributed by atoms with van der Waals surface area (Å²) in [6.07, 6.45) is 3.56. The zero-order valence-corrected chi connectivity index (χ0v) is 14.7. The number of aryl methyl sites for hydroxylation is 1. The van der Waals surface area contributed by atoms with E-state index in [-0.39, 0.29) is 11.3 Å². The first kappa shape index (κ1) is 18.5. The maximum atomic E-state index is 12.8. The lowest BCUT2D eigenvalue weighted by atomic mass is 10.1. The van der Waals surface area contributed by atoms with Crippen LogP contribution in [0.5, 0.6) is 5.75 Å². The van der Waals surface area contributed by atoms with Crippen molar-refractivity contribution in [2.75, 3.05) is 0 Å². The molecule has 0 aliphatic heterocycles. The van der Waals surface area contributed by atoms with Crippen LogP contribution >= 0.6 is 0 Å². The third-order valence-corrected chi connectivity index (χ3v) is 4.10. The number of pyridine rings is 1. The van der Waals surface area contributed by atoms with Crippen molar-refractivity contribution in [3.8, 4) is 22.6 Å².